The highest BCUT2D eigenvalue weighted by atomic mass is 32.1. The molecule has 0 spiro atoms. The van der Waals surface area contributed by atoms with E-state index in [4.69, 9.17) is 0 Å². The topological polar surface area (TPSA) is 0 Å². The molecule has 0 aliphatic heterocycles. The third-order valence-corrected chi connectivity index (χ3v) is 12.3. The van der Waals surface area contributed by atoms with Crippen LogP contribution in [0.5, 0.6) is 0 Å². The fraction of sp³-hybridized carbons (Fsp3) is 0.333. The Morgan fingerprint density at radius 2 is 0.927 bits per heavy atom. The molecule has 5 aromatic heterocycles. The van der Waals surface area contributed by atoms with Crippen molar-refractivity contribution in [2.75, 3.05) is 0 Å². The molecule has 5 heterocycles. The summed E-state index contributed by atoms with van der Waals surface area (Å²) >= 11 is 9.11. The van der Waals surface area contributed by atoms with Crippen LogP contribution in [0.4, 0.5) is 0 Å². The number of rotatable bonds is 12. The van der Waals surface area contributed by atoms with Crippen LogP contribution in [0.3, 0.4) is 0 Å². The van der Waals surface area contributed by atoms with Crippen LogP contribution in [-0.4, -0.2) is 0 Å². The molecule has 0 atom stereocenters. The summed E-state index contributed by atoms with van der Waals surface area (Å²) in [7, 11) is 0. The zero-order chi connectivity index (χ0) is 28.3. The van der Waals surface area contributed by atoms with Gasteiger partial charge in [-0.1, -0.05) is 76.1 Å². The standard InChI is InChI=1S/C36H36S5/c1-3-5-7-9-11-31-23-27(25-37-31)13-15-29-17-19-33(39-29)35-21-22-36(41-35)34-20-18-30(40-34)16-14-28-24-32(38-26-28)12-10-8-6-4-2/h17-26H,3-12H2,1-2H3. The Balaban J connectivity index is 1.17. The average Bonchev–Trinajstić information content (AvgIpc) is 3.82. The summed E-state index contributed by atoms with van der Waals surface area (Å²) < 4.78 is 0. The van der Waals surface area contributed by atoms with Crippen LogP contribution in [-0.2, 0) is 12.8 Å². The van der Waals surface area contributed by atoms with Crippen LogP contribution in [0.1, 0.15) is 95.8 Å². The van der Waals surface area contributed by atoms with Crippen LogP contribution >= 0.6 is 56.7 Å². The van der Waals surface area contributed by atoms with Crippen molar-refractivity contribution in [1.82, 2.24) is 0 Å². The van der Waals surface area contributed by atoms with Crippen LogP contribution in [0.2, 0.25) is 0 Å². The monoisotopic (exact) mass is 628 g/mol. The fourth-order valence-electron chi connectivity index (χ4n) is 4.55. The van der Waals surface area contributed by atoms with Gasteiger partial charge in [-0.25, -0.2) is 0 Å². The highest BCUT2D eigenvalue weighted by Crippen LogP contribution is 2.39. The van der Waals surface area contributed by atoms with E-state index in [1.165, 1.54) is 93.5 Å². The molecular weight excluding hydrogens is 593 g/mol. The van der Waals surface area contributed by atoms with Gasteiger partial charge in [0.25, 0.3) is 0 Å². The first-order valence-electron chi connectivity index (χ1n) is 14.7. The van der Waals surface area contributed by atoms with Crippen LogP contribution in [0.15, 0.2) is 59.3 Å². The summed E-state index contributed by atoms with van der Waals surface area (Å²) in [5, 5.41) is 4.41. The van der Waals surface area contributed by atoms with Gasteiger partial charge in [-0.3, -0.25) is 0 Å². The van der Waals surface area contributed by atoms with E-state index in [1.807, 2.05) is 34.0 Å². The summed E-state index contributed by atoms with van der Waals surface area (Å²) in [6, 6.07) is 17.8. The van der Waals surface area contributed by atoms with E-state index in [9.17, 15) is 0 Å². The van der Waals surface area contributed by atoms with E-state index in [1.54, 1.807) is 22.7 Å². The summed E-state index contributed by atoms with van der Waals surface area (Å²) in [6.45, 7) is 4.53. The highest BCUT2D eigenvalue weighted by Gasteiger charge is 2.09. The van der Waals surface area contributed by atoms with E-state index >= 15 is 0 Å². The van der Waals surface area contributed by atoms with E-state index in [2.05, 4.69) is 96.8 Å². The molecular formula is C36H36S5. The molecule has 0 aromatic carbocycles. The lowest BCUT2D eigenvalue weighted by Crippen LogP contribution is -1.81. The van der Waals surface area contributed by atoms with Crippen molar-refractivity contribution in [2.24, 2.45) is 0 Å². The van der Waals surface area contributed by atoms with Gasteiger partial charge in [-0.05, 0) is 74.2 Å². The third kappa shape index (κ3) is 9.05. The van der Waals surface area contributed by atoms with Crippen molar-refractivity contribution in [3.8, 4) is 43.2 Å². The lowest BCUT2D eigenvalue weighted by atomic mass is 10.1. The first-order valence-corrected chi connectivity index (χ1v) is 18.9. The van der Waals surface area contributed by atoms with Gasteiger partial charge >= 0.3 is 0 Å². The minimum atomic E-state index is 1.12. The van der Waals surface area contributed by atoms with Gasteiger partial charge in [0, 0.05) is 51.1 Å². The van der Waals surface area contributed by atoms with Gasteiger partial charge < -0.3 is 0 Å². The molecule has 5 aromatic rings. The summed E-state index contributed by atoms with van der Waals surface area (Å²) in [4.78, 5) is 10.3. The molecule has 5 rings (SSSR count). The van der Waals surface area contributed by atoms with E-state index in [0.29, 0.717) is 0 Å². The normalized spacial score (nSPS) is 10.8. The average molecular weight is 629 g/mol. The Morgan fingerprint density at radius 3 is 1.39 bits per heavy atom. The molecule has 5 heteroatoms. The molecule has 210 valence electrons. The SMILES string of the molecule is CCCCCCc1cc(C#Cc2ccc(-c3ccc(-c4ccc(C#Cc5csc(CCCCCC)c5)s4)s3)s2)cs1. The fourth-order valence-corrected chi connectivity index (χ4v) is 9.18. The number of thiophene rings is 5. The Hall–Kier alpha value is -2.38. The third-order valence-electron chi connectivity index (χ3n) is 6.82. The zero-order valence-corrected chi connectivity index (χ0v) is 28.0. The van der Waals surface area contributed by atoms with Crippen LogP contribution < -0.4 is 0 Å². The van der Waals surface area contributed by atoms with Crippen molar-refractivity contribution in [2.45, 2.75) is 78.1 Å². The molecule has 0 saturated carbocycles. The molecule has 0 fully saturated rings. The summed E-state index contributed by atoms with van der Waals surface area (Å²) in [5.74, 6) is 13.6. The van der Waals surface area contributed by atoms with Crippen molar-refractivity contribution >= 4 is 56.7 Å². The molecule has 0 N–H and O–H groups in total. The lowest BCUT2D eigenvalue weighted by Gasteiger charge is -1.96. The van der Waals surface area contributed by atoms with Crippen molar-refractivity contribution < 1.29 is 0 Å². The number of unbranched alkanes of at least 4 members (excludes halogenated alkanes) is 6. The predicted molar refractivity (Wildman–Crippen MR) is 187 cm³/mol. The molecule has 0 nitrogen and oxygen atoms in total. The number of hydrogen-bond acceptors (Lipinski definition) is 5. The smallest absolute Gasteiger partial charge is 0.0779 e. The van der Waals surface area contributed by atoms with E-state index in [0.717, 1.165) is 20.9 Å². The quantitative estimate of drug-likeness (QED) is 0.0952. The van der Waals surface area contributed by atoms with Gasteiger partial charge in [0.1, 0.15) is 0 Å². The Labute approximate surface area is 266 Å². The minimum absolute atomic E-state index is 1.12. The maximum absolute atomic E-state index is 3.39. The molecule has 0 bridgehead atoms. The van der Waals surface area contributed by atoms with Gasteiger partial charge in [0.15, 0.2) is 0 Å². The maximum Gasteiger partial charge on any atom is 0.0779 e. The highest BCUT2D eigenvalue weighted by molar-refractivity contribution is 7.26. The molecule has 0 aliphatic carbocycles. The summed E-state index contributed by atoms with van der Waals surface area (Å²) in [6.07, 6.45) is 12.8. The predicted octanol–water partition coefficient (Wildman–Crippen LogP) is 12.4. The van der Waals surface area contributed by atoms with Gasteiger partial charge in [0.05, 0.1) is 9.75 Å². The second-order valence-corrected chi connectivity index (χ2v) is 15.5. The lowest BCUT2D eigenvalue weighted by molar-refractivity contribution is 0.670. The zero-order valence-electron chi connectivity index (χ0n) is 23.9. The van der Waals surface area contributed by atoms with Gasteiger partial charge in [-0.15, -0.1) is 56.7 Å². The van der Waals surface area contributed by atoms with Crippen molar-refractivity contribution in [3.05, 3.63) is 89.9 Å². The molecule has 41 heavy (non-hydrogen) atoms. The van der Waals surface area contributed by atoms with Crippen molar-refractivity contribution in [1.29, 1.82) is 0 Å². The second-order valence-electron chi connectivity index (χ2n) is 10.2. The second kappa shape index (κ2) is 15.7. The first-order chi connectivity index (χ1) is 20.2. The Bertz CT molecular complexity index is 1520. The Morgan fingerprint density at radius 1 is 0.488 bits per heavy atom. The first kappa shape index (κ1) is 30.1. The number of hydrogen-bond donors (Lipinski definition) is 0. The maximum atomic E-state index is 3.39. The van der Waals surface area contributed by atoms with Crippen LogP contribution in [0, 0.1) is 23.7 Å². The number of aryl methyl sites for hydroxylation is 2. The molecule has 0 amide bonds. The molecule has 0 saturated heterocycles. The van der Waals surface area contributed by atoms with E-state index < -0.39 is 0 Å². The largest absolute Gasteiger partial charge is 0.148 e. The summed E-state index contributed by atoms with van der Waals surface area (Å²) in [5.41, 5.74) is 2.29. The van der Waals surface area contributed by atoms with Crippen LogP contribution in [0.25, 0.3) is 19.5 Å². The van der Waals surface area contributed by atoms with Crippen molar-refractivity contribution in [3.63, 3.8) is 0 Å². The van der Waals surface area contributed by atoms with Gasteiger partial charge in [-0.2, -0.15) is 0 Å². The molecule has 0 unspecified atom stereocenters. The molecule has 0 aliphatic rings. The minimum Gasteiger partial charge on any atom is -0.148 e. The molecule has 0 radical (unpaired) electrons. The van der Waals surface area contributed by atoms with E-state index in [-0.39, 0.29) is 0 Å². The van der Waals surface area contributed by atoms with Gasteiger partial charge in [0.2, 0.25) is 0 Å². The Kier molecular flexibility index (Phi) is 11.5.